The van der Waals surface area contributed by atoms with Gasteiger partial charge in [-0.1, -0.05) is 0 Å². The molecule has 2 aromatic heterocycles. The Morgan fingerprint density at radius 3 is 2.40 bits per heavy atom. The van der Waals surface area contributed by atoms with Gasteiger partial charge in [0.25, 0.3) is 0 Å². The van der Waals surface area contributed by atoms with Crippen LogP contribution >= 0.6 is 0 Å². The number of methoxy groups -OCH3 is 1. The predicted octanol–water partition coefficient (Wildman–Crippen LogP) is 3.49. The Bertz CT molecular complexity index is 1160. The van der Waals surface area contributed by atoms with Crippen molar-refractivity contribution in [3.63, 3.8) is 0 Å². The summed E-state index contributed by atoms with van der Waals surface area (Å²) in [7, 11) is -2.41. The molecule has 0 spiro atoms. The van der Waals surface area contributed by atoms with Crippen LogP contribution < -0.4 is 8.92 Å². The molecule has 0 saturated carbocycles. The normalized spacial score (nSPS) is 11.7. The van der Waals surface area contributed by atoms with Crippen molar-refractivity contribution in [2.75, 3.05) is 7.11 Å². The maximum absolute atomic E-state index is 12.6. The van der Waals surface area contributed by atoms with Gasteiger partial charge in [0.15, 0.2) is 0 Å². The van der Waals surface area contributed by atoms with Crippen LogP contribution in [0.1, 0.15) is 0 Å². The van der Waals surface area contributed by atoms with E-state index >= 15 is 0 Å². The van der Waals surface area contributed by atoms with E-state index in [0.717, 1.165) is 21.8 Å². The lowest BCUT2D eigenvalue weighted by atomic mass is 10.2. The van der Waals surface area contributed by atoms with Gasteiger partial charge in [0.2, 0.25) is 0 Å². The Hall–Kier alpha value is -3.06. The summed E-state index contributed by atoms with van der Waals surface area (Å²) in [5, 5.41) is 1.64. The van der Waals surface area contributed by atoms with Gasteiger partial charge in [0.1, 0.15) is 16.4 Å². The number of fused-ring (bicyclic) bond motifs is 3. The number of H-pyrrole nitrogens is 1. The second kappa shape index (κ2) is 5.78. The van der Waals surface area contributed by atoms with E-state index in [4.69, 9.17) is 8.92 Å². The van der Waals surface area contributed by atoms with Crippen LogP contribution in [-0.4, -0.2) is 25.5 Å². The van der Waals surface area contributed by atoms with Gasteiger partial charge in [-0.3, -0.25) is 4.98 Å². The Balaban J connectivity index is 1.75. The molecule has 4 rings (SSSR count). The van der Waals surface area contributed by atoms with Crippen LogP contribution in [0.2, 0.25) is 0 Å². The highest BCUT2D eigenvalue weighted by atomic mass is 32.2. The minimum absolute atomic E-state index is 0.0839. The summed E-state index contributed by atoms with van der Waals surface area (Å²) in [6, 6.07) is 13.0. The lowest BCUT2D eigenvalue weighted by Gasteiger charge is -2.08. The SMILES string of the molecule is COc1ccc(OS(=O)(=O)c2ccc3[nH]c4ccncc4c3c2)cc1. The van der Waals surface area contributed by atoms with E-state index in [-0.39, 0.29) is 10.6 Å². The smallest absolute Gasteiger partial charge is 0.339 e. The van der Waals surface area contributed by atoms with Gasteiger partial charge in [-0.25, -0.2) is 0 Å². The fourth-order valence-corrected chi connectivity index (χ4v) is 3.64. The standard InChI is InChI=1S/C18H14N2O4S/c1-23-12-2-4-13(5-3-12)24-25(21,22)14-6-7-17-15(10-14)16-11-19-9-8-18(16)20-17/h2-11,20H,1H3. The summed E-state index contributed by atoms with van der Waals surface area (Å²) in [4.78, 5) is 7.41. The van der Waals surface area contributed by atoms with Crippen molar-refractivity contribution < 1.29 is 17.3 Å². The van der Waals surface area contributed by atoms with Crippen molar-refractivity contribution in [3.05, 3.63) is 60.9 Å². The van der Waals surface area contributed by atoms with E-state index in [1.807, 2.05) is 6.07 Å². The molecule has 0 aliphatic carbocycles. The first-order valence-corrected chi connectivity index (χ1v) is 8.92. The van der Waals surface area contributed by atoms with Crippen LogP contribution in [0.5, 0.6) is 11.5 Å². The lowest BCUT2D eigenvalue weighted by Crippen LogP contribution is -2.09. The van der Waals surface area contributed by atoms with Crippen molar-refractivity contribution in [1.29, 1.82) is 0 Å². The van der Waals surface area contributed by atoms with Crippen LogP contribution in [-0.2, 0) is 10.1 Å². The molecule has 0 aliphatic rings. The van der Waals surface area contributed by atoms with E-state index in [2.05, 4.69) is 9.97 Å². The summed E-state index contributed by atoms with van der Waals surface area (Å²) in [5.74, 6) is 0.846. The molecule has 25 heavy (non-hydrogen) atoms. The number of aromatic amines is 1. The quantitative estimate of drug-likeness (QED) is 0.567. The molecule has 0 atom stereocenters. The maximum Gasteiger partial charge on any atom is 0.339 e. The molecule has 0 radical (unpaired) electrons. The zero-order valence-electron chi connectivity index (χ0n) is 13.3. The van der Waals surface area contributed by atoms with Gasteiger partial charge >= 0.3 is 10.1 Å². The van der Waals surface area contributed by atoms with Crippen LogP contribution in [0.15, 0.2) is 65.8 Å². The van der Waals surface area contributed by atoms with Crippen molar-refractivity contribution in [1.82, 2.24) is 9.97 Å². The number of hydrogen-bond donors (Lipinski definition) is 1. The maximum atomic E-state index is 12.6. The van der Waals surface area contributed by atoms with Crippen molar-refractivity contribution in [2.45, 2.75) is 4.90 Å². The van der Waals surface area contributed by atoms with E-state index in [0.29, 0.717) is 5.75 Å². The molecule has 4 aromatic rings. The number of nitrogens with one attached hydrogen (secondary N) is 1. The third kappa shape index (κ3) is 2.78. The Morgan fingerprint density at radius 2 is 1.64 bits per heavy atom. The minimum atomic E-state index is -3.95. The molecule has 6 nitrogen and oxygen atoms in total. The number of hydrogen-bond acceptors (Lipinski definition) is 5. The number of pyridine rings is 1. The Morgan fingerprint density at radius 1 is 0.920 bits per heavy atom. The topological polar surface area (TPSA) is 81.3 Å². The first kappa shape index (κ1) is 15.5. The molecule has 0 aliphatic heterocycles. The van der Waals surface area contributed by atoms with Gasteiger partial charge in [-0.2, -0.15) is 8.42 Å². The van der Waals surface area contributed by atoms with Gasteiger partial charge < -0.3 is 13.9 Å². The first-order chi connectivity index (χ1) is 12.1. The van der Waals surface area contributed by atoms with E-state index in [1.165, 1.54) is 13.2 Å². The molecule has 0 amide bonds. The van der Waals surface area contributed by atoms with Gasteiger partial charge in [-0.15, -0.1) is 0 Å². The molecule has 2 heterocycles. The van der Waals surface area contributed by atoms with Gasteiger partial charge in [-0.05, 0) is 48.5 Å². The third-order valence-electron chi connectivity index (χ3n) is 3.93. The molecule has 0 unspecified atom stereocenters. The summed E-state index contributed by atoms with van der Waals surface area (Å²) < 4.78 is 35.4. The van der Waals surface area contributed by atoms with E-state index < -0.39 is 10.1 Å². The lowest BCUT2D eigenvalue weighted by molar-refractivity contribution is 0.413. The number of rotatable bonds is 4. The van der Waals surface area contributed by atoms with E-state index in [1.54, 1.807) is 48.8 Å². The van der Waals surface area contributed by atoms with Gasteiger partial charge in [0, 0.05) is 34.2 Å². The molecule has 0 saturated heterocycles. The number of nitrogens with zero attached hydrogens (tertiary/aromatic N) is 1. The van der Waals surface area contributed by atoms with Crippen LogP contribution in [0.3, 0.4) is 0 Å². The monoisotopic (exact) mass is 354 g/mol. The number of aromatic nitrogens is 2. The zero-order chi connectivity index (χ0) is 17.4. The molecule has 2 aromatic carbocycles. The fourth-order valence-electron chi connectivity index (χ4n) is 2.68. The molecule has 7 heteroatoms. The van der Waals surface area contributed by atoms with E-state index in [9.17, 15) is 8.42 Å². The zero-order valence-corrected chi connectivity index (χ0v) is 14.1. The predicted molar refractivity (Wildman–Crippen MR) is 94.4 cm³/mol. The second-order valence-corrected chi connectivity index (χ2v) is 7.01. The van der Waals surface area contributed by atoms with Crippen molar-refractivity contribution in [2.24, 2.45) is 0 Å². The average Bonchev–Trinajstić information content (AvgIpc) is 3.00. The van der Waals surface area contributed by atoms with Crippen molar-refractivity contribution in [3.8, 4) is 11.5 Å². The highest BCUT2D eigenvalue weighted by Gasteiger charge is 2.18. The molecule has 0 bridgehead atoms. The number of ether oxygens (including phenoxy) is 1. The van der Waals surface area contributed by atoms with Crippen molar-refractivity contribution >= 4 is 31.9 Å². The molecule has 126 valence electrons. The van der Waals surface area contributed by atoms with Gasteiger partial charge in [0.05, 0.1) is 7.11 Å². The summed E-state index contributed by atoms with van der Waals surface area (Å²) in [6.07, 6.45) is 3.39. The molecule has 1 N–H and O–H groups in total. The highest BCUT2D eigenvalue weighted by Crippen LogP contribution is 2.28. The van der Waals surface area contributed by atoms with Crippen LogP contribution in [0, 0.1) is 0 Å². The largest absolute Gasteiger partial charge is 0.497 e. The Labute approximate surface area is 144 Å². The van der Waals surface area contributed by atoms with Crippen LogP contribution in [0.25, 0.3) is 21.8 Å². The molecular weight excluding hydrogens is 340 g/mol. The Kier molecular flexibility index (Phi) is 3.58. The van der Waals surface area contributed by atoms with Crippen LogP contribution in [0.4, 0.5) is 0 Å². The second-order valence-electron chi connectivity index (χ2n) is 5.47. The molecular formula is C18H14N2O4S. The summed E-state index contributed by atoms with van der Waals surface area (Å²) >= 11 is 0. The summed E-state index contributed by atoms with van der Waals surface area (Å²) in [5.41, 5.74) is 1.74. The minimum Gasteiger partial charge on any atom is -0.497 e. The summed E-state index contributed by atoms with van der Waals surface area (Å²) in [6.45, 7) is 0. The molecule has 0 fully saturated rings. The third-order valence-corrected chi connectivity index (χ3v) is 5.17. The highest BCUT2D eigenvalue weighted by molar-refractivity contribution is 7.87. The first-order valence-electron chi connectivity index (χ1n) is 7.51. The fraction of sp³-hybridized carbons (Fsp3) is 0.0556. The average molecular weight is 354 g/mol. The number of benzene rings is 2.